The molecule has 1 aromatic heterocycles. The van der Waals surface area contributed by atoms with Gasteiger partial charge >= 0.3 is 0 Å². The van der Waals surface area contributed by atoms with E-state index in [0.29, 0.717) is 12.8 Å². The molecule has 1 N–H and O–H groups in total. The van der Waals surface area contributed by atoms with Crippen molar-refractivity contribution in [1.29, 1.82) is 0 Å². The molecule has 2 aliphatic heterocycles. The number of aryl methyl sites for hydroxylation is 1. The molecule has 5 nitrogen and oxygen atoms in total. The monoisotopic (exact) mass is 285 g/mol. The highest BCUT2D eigenvalue weighted by Gasteiger charge is 2.28. The van der Waals surface area contributed by atoms with Gasteiger partial charge in [0.15, 0.2) is 11.5 Å². The van der Waals surface area contributed by atoms with Gasteiger partial charge in [0.25, 0.3) is 0 Å². The molecule has 4 rings (SSSR count). The summed E-state index contributed by atoms with van der Waals surface area (Å²) >= 11 is 0. The van der Waals surface area contributed by atoms with E-state index in [-0.39, 0.29) is 0 Å². The van der Waals surface area contributed by atoms with Crippen LogP contribution < -0.4 is 9.47 Å². The van der Waals surface area contributed by atoms with Gasteiger partial charge in [0.2, 0.25) is 6.79 Å². The lowest BCUT2D eigenvalue weighted by molar-refractivity contribution is 0.173. The van der Waals surface area contributed by atoms with Crippen LogP contribution in [0.1, 0.15) is 35.7 Å². The Morgan fingerprint density at radius 3 is 3.10 bits per heavy atom. The number of benzene rings is 1. The number of rotatable bonds is 3. The zero-order valence-corrected chi connectivity index (χ0v) is 12.1. The van der Waals surface area contributed by atoms with E-state index in [9.17, 15) is 0 Å². The van der Waals surface area contributed by atoms with Crippen molar-refractivity contribution in [3.05, 3.63) is 41.2 Å². The van der Waals surface area contributed by atoms with Crippen molar-refractivity contribution in [3.63, 3.8) is 0 Å². The van der Waals surface area contributed by atoms with Crippen LogP contribution in [0.3, 0.4) is 0 Å². The molecule has 1 unspecified atom stereocenters. The first kappa shape index (κ1) is 12.7. The van der Waals surface area contributed by atoms with Gasteiger partial charge in [-0.2, -0.15) is 5.10 Å². The second-order valence-electron chi connectivity index (χ2n) is 5.77. The Morgan fingerprint density at radius 2 is 2.24 bits per heavy atom. The van der Waals surface area contributed by atoms with Crippen molar-refractivity contribution in [2.75, 3.05) is 13.3 Å². The van der Waals surface area contributed by atoms with Gasteiger partial charge in [0.05, 0.1) is 11.9 Å². The summed E-state index contributed by atoms with van der Waals surface area (Å²) in [6, 6.07) is 6.76. The molecule has 110 valence electrons. The van der Waals surface area contributed by atoms with E-state index < -0.39 is 0 Å². The molecule has 0 radical (unpaired) electrons. The molecule has 1 fully saturated rings. The minimum atomic E-state index is 0.334. The molecule has 0 spiro atoms. The Morgan fingerprint density at radius 1 is 1.33 bits per heavy atom. The molecule has 3 heterocycles. The zero-order chi connectivity index (χ0) is 14.2. The summed E-state index contributed by atoms with van der Waals surface area (Å²) in [4.78, 5) is 2.51. The summed E-state index contributed by atoms with van der Waals surface area (Å²) < 4.78 is 10.9. The maximum atomic E-state index is 5.50. The van der Waals surface area contributed by atoms with E-state index in [0.717, 1.165) is 24.6 Å². The van der Waals surface area contributed by atoms with Gasteiger partial charge in [-0.05, 0) is 49.6 Å². The Kier molecular flexibility index (Phi) is 3.07. The summed E-state index contributed by atoms with van der Waals surface area (Å²) in [6.45, 7) is 4.48. The Hall–Kier alpha value is -2.01. The van der Waals surface area contributed by atoms with E-state index in [4.69, 9.17) is 9.47 Å². The van der Waals surface area contributed by atoms with Gasteiger partial charge < -0.3 is 9.47 Å². The number of aromatic amines is 1. The number of likely N-dealkylation sites (tertiary alicyclic amines) is 1. The normalized spacial score (nSPS) is 21.1. The topological polar surface area (TPSA) is 50.4 Å². The smallest absolute Gasteiger partial charge is 0.231 e. The molecule has 21 heavy (non-hydrogen) atoms. The molecule has 0 aliphatic carbocycles. The van der Waals surface area contributed by atoms with Gasteiger partial charge in [0.1, 0.15) is 0 Å². The summed E-state index contributed by atoms with van der Waals surface area (Å²) in [5.74, 6) is 1.73. The van der Waals surface area contributed by atoms with Crippen molar-refractivity contribution in [3.8, 4) is 11.5 Å². The Balaban J connectivity index is 1.57. The maximum absolute atomic E-state index is 5.50. The Bertz CT molecular complexity index is 653. The fourth-order valence-electron chi connectivity index (χ4n) is 3.25. The minimum Gasteiger partial charge on any atom is -0.454 e. The first-order chi connectivity index (χ1) is 10.3. The average molecular weight is 285 g/mol. The molecule has 5 heteroatoms. The second-order valence-corrected chi connectivity index (χ2v) is 5.77. The van der Waals surface area contributed by atoms with Gasteiger partial charge in [0, 0.05) is 12.6 Å². The second kappa shape index (κ2) is 5.07. The van der Waals surface area contributed by atoms with E-state index in [2.05, 4.69) is 34.2 Å². The fraction of sp³-hybridized carbons (Fsp3) is 0.438. The van der Waals surface area contributed by atoms with Gasteiger partial charge in [-0.3, -0.25) is 10.00 Å². The van der Waals surface area contributed by atoms with Crippen molar-refractivity contribution in [2.45, 2.75) is 32.4 Å². The van der Waals surface area contributed by atoms with Gasteiger partial charge in [-0.1, -0.05) is 6.07 Å². The largest absolute Gasteiger partial charge is 0.454 e. The molecule has 2 aromatic rings. The number of fused-ring (bicyclic) bond motifs is 1. The van der Waals surface area contributed by atoms with Crippen molar-refractivity contribution >= 4 is 0 Å². The predicted molar refractivity (Wildman–Crippen MR) is 78.3 cm³/mol. The van der Waals surface area contributed by atoms with Crippen LogP contribution in [0, 0.1) is 6.92 Å². The lowest BCUT2D eigenvalue weighted by Crippen LogP contribution is -2.23. The van der Waals surface area contributed by atoms with Crippen LogP contribution >= 0.6 is 0 Å². The third kappa shape index (κ3) is 2.27. The van der Waals surface area contributed by atoms with Crippen LogP contribution in [0.15, 0.2) is 24.4 Å². The molecule has 0 amide bonds. The van der Waals surface area contributed by atoms with Crippen LogP contribution in [0.5, 0.6) is 11.5 Å². The van der Waals surface area contributed by atoms with E-state index in [1.807, 2.05) is 12.3 Å². The quantitative estimate of drug-likeness (QED) is 0.942. The highest BCUT2D eigenvalue weighted by atomic mass is 16.7. The molecule has 1 atom stereocenters. The van der Waals surface area contributed by atoms with E-state index in [1.165, 1.54) is 29.7 Å². The predicted octanol–water partition coefficient (Wildman–Crippen LogP) is 2.78. The van der Waals surface area contributed by atoms with Crippen LogP contribution in [0.4, 0.5) is 0 Å². The maximum Gasteiger partial charge on any atom is 0.231 e. The van der Waals surface area contributed by atoms with E-state index in [1.54, 1.807) is 0 Å². The van der Waals surface area contributed by atoms with E-state index >= 15 is 0 Å². The van der Waals surface area contributed by atoms with Crippen molar-refractivity contribution in [2.24, 2.45) is 0 Å². The number of hydrogen-bond acceptors (Lipinski definition) is 4. The SMILES string of the molecule is Cc1cn[nH]c1CN1CCCC1c1ccc2c(c1)OCO2. The summed E-state index contributed by atoms with van der Waals surface area (Å²) in [7, 11) is 0. The van der Waals surface area contributed by atoms with Crippen LogP contribution in [-0.2, 0) is 6.54 Å². The number of H-pyrrole nitrogens is 1. The van der Waals surface area contributed by atoms with Crippen LogP contribution in [0.2, 0.25) is 0 Å². The number of nitrogens with one attached hydrogen (secondary N) is 1. The number of aromatic nitrogens is 2. The Labute approximate surface area is 123 Å². The first-order valence-corrected chi connectivity index (χ1v) is 7.44. The summed E-state index contributed by atoms with van der Waals surface area (Å²) in [5, 5.41) is 7.23. The molecule has 0 saturated carbocycles. The summed E-state index contributed by atoms with van der Waals surface area (Å²) in [5.41, 5.74) is 3.75. The first-order valence-electron chi connectivity index (χ1n) is 7.44. The third-order valence-corrected chi connectivity index (χ3v) is 4.44. The van der Waals surface area contributed by atoms with Gasteiger partial charge in [-0.25, -0.2) is 0 Å². The number of hydrogen-bond donors (Lipinski definition) is 1. The number of ether oxygens (including phenoxy) is 2. The van der Waals surface area contributed by atoms with Crippen molar-refractivity contribution < 1.29 is 9.47 Å². The summed E-state index contributed by atoms with van der Waals surface area (Å²) in [6.07, 6.45) is 4.31. The molecule has 2 aliphatic rings. The number of nitrogens with zero attached hydrogens (tertiary/aromatic N) is 2. The standard InChI is InChI=1S/C16H19N3O2/c1-11-8-17-18-13(11)9-19-6-2-3-14(19)12-4-5-15-16(7-12)21-10-20-15/h4-5,7-8,14H,2-3,6,9-10H2,1H3,(H,17,18). The van der Waals surface area contributed by atoms with Crippen LogP contribution in [-0.4, -0.2) is 28.4 Å². The highest BCUT2D eigenvalue weighted by molar-refractivity contribution is 5.45. The zero-order valence-electron chi connectivity index (χ0n) is 12.1. The molecule has 1 saturated heterocycles. The molecular formula is C16H19N3O2. The minimum absolute atomic E-state index is 0.334. The van der Waals surface area contributed by atoms with Crippen LogP contribution in [0.25, 0.3) is 0 Å². The highest BCUT2D eigenvalue weighted by Crippen LogP contribution is 2.39. The molecular weight excluding hydrogens is 266 g/mol. The average Bonchev–Trinajstić information content (AvgIpc) is 3.20. The third-order valence-electron chi connectivity index (χ3n) is 4.44. The lowest BCUT2D eigenvalue weighted by atomic mass is 10.0. The molecule has 1 aromatic carbocycles. The van der Waals surface area contributed by atoms with Gasteiger partial charge in [-0.15, -0.1) is 0 Å². The fourth-order valence-corrected chi connectivity index (χ4v) is 3.25. The van der Waals surface area contributed by atoms with Crippen molar-refractivity contribution in [1.82, 2.24) is 15.1 Å². The molecule has 0 bridgehead atoms. The lowest BCUT2D eigenvalue weighted by Gasteiger charge is -2.24.